The number of aliphatic carboxylic acids is 1. The summed E-state index contributed by atoms with van der Waals surface area (Å²) in [7, 11) is 0. The molecule has 2 aromatic carbocycles. The van der Waals surface area contributed by atoms with Gasteiger partial charge in [-0.05, 0) is 69.2 Å². The summed E-state index contributed by atoms with van der Waals surface area (Å²) in [6.45, 7) is 4.68. The van der Waals surface area contributed by atoms with Crippen molar-refractivity contribution >= 4 is 47.5 Å². The number of nitrogens with one attached hydrogen (secondary N) is 3. The lowest BCUT2D eigenvalue weighted by atomic mass is 9.98. The number of benzene rings is 2. The van der Waals surface area contributed by atoms with Gasteiger partial charge in [0.15, 0.2) is 0 Å². The van der Waals surface area contributed by atoms with Crippen LogP contribution >= 0.6 is 0 Å². The van der Waals surface area contributed by atoms with Crippen molar-refractivity contribution in [1.29, 1.82) is 0 Å². The van der Waals surface area contributed by atoms with E-state index in [0.717, 1.165) is 37.0 Å². The second kappa shape index (κ2) is 18.1. The van der Waals surface area contributed by atoms with Gasteiger partial charge in [0.1, 0.15) is 41.9 Å². The first-order valence-electron chi connectivity index (χ1n) is 21.5. The summed E-state index contributed by atoms with van der Waals surface area (Å²) >= 11 is 0. The lowest BCUT2D eigenvalue weighted by molar-refractivity contribution is -0.152. The molecule has 0 spiro atoms. The van der Waals surface area contributed by atoms with Crippen molar-refractivity contribution in [3.05, 3.63) is 59.7 Å². The van der Waals surface area contributed by atoms with E-state index in [1.807, 2.05) is 48.5 Å². The Balaban J connectivity index is 1.14. The maximum Gasteiger partial charge on any atom is 0.410 e. The van der Waals surface area contributed by atoms with Crippen molar-refractivity contribution in [3.63, 3.8) is 0 Å². The van der Waals surface area contributed by atoms with Crippen LogP contribution in [0.25, 0.3) is 11.1 Å². The molecule has 0 bridgehead atoms. The van der Waals surface area contributed by atoms with Gasteiger partial charge in [-0.3, -0.25) is 33.7 Å². The predicted molar refractivity (Wildman–Crippen MR) is 219 cm³/mol. The molecular formula is C43H55N7O12. The summed E-state index contributed by atoms with van der Waals surface area (Å²) in [6, 6.07) is 9.62. The Morgan fingerprint density at radius 2 is 1.32 bits per heavy atom. The monoisotopic (exact) mass is 863 g/mol. The molecule has 1 aliphatic carbocycles. The summed E-state index contributed by atoms with van der Waals surface area (Å²) < 4.78 is 22.1. The molecule has 334 valence electrons. The molecule has 3 saturated heterocycles. The zero-order valence-electron chi connectivity index (χ0n) is 37.0. The van der Waals surface area contributed by atoms with Crippen LogP contribution in [0.15, 0.2) is 48.5 Å². The number of primary amides is 1. The van der Waals surface area contributed by atoms with Crippen molar-refractivity contribution in [2.75, 3.05) is 26.2 Å². The number of aliphatic hydroxyl groups excluding tert-OH is 2. The van der Waals surface area contributed by atoms with E-state index in [0.29, 0.717) is 6.42 Å². The molecule has 62 heavy (non-hydrogen) atoms. The van der Waals surface area contributed by atoms with Crippen LogP contribution in [0.1, 0.15) is 86.0 Å². The molecule has 3 fully saturated rings. The number of hydrogen-bond donors (Lipinski definition) is 7. The Hall–Kier alpha value is -6.08. The minimum absolute atomic E-state index is 0.0982. The van der Waals surface area contributed by atoms with Gasteiger partial charge in [0.25, 0.3) is 0 Å². The number of fused-ring (bicyclic) bond motifs is 3. The number of ether oxygens (including phenoxy) is 1. The number of carboxylic acids is 1. The number of carboxylic acid groups (broad SMARTS) is 1. The first kappa shape index (κ1) is 42.6. The van der Waals surface area contributed by atoms with Crippen molar-refractivity contribution in [3.8, 4) is 11.1 Å². The van der Waals surface area contributed by atoms with Crippen LogP contribution in [0.5, 0.6) is 0 Å². The van der Waals surface area contributed by atoms with Crippen LogP contribution in [-0.2, 0) is 38.3 Å². The highest BCUT2D eigenvalue weighted by Crippen LogP contribution is 2.44. The fourth-order valence-electron chi connectivity index (χ4n) is 8.79. The van der Waals surface area contributed by atoms with Crippen molar-refractivity contribution in [2.45, 2.75) is 120 Å². The second-order valence-corrected chi connectivity index (χ2v) is 17.3. The standard InChI is InChI=1S/C43H55N7O12/c1-42(2,39(59)48-17-9-14-31(48)38(57)58)47-37(56)33-19-23(51)20-49(33)40(60)43(3,4)46-35(54)30(15-16-34(44)53)45-36(55)32-18-24(52)21-50(32)41(61)62-22-29-27-12-7-5-10-25(27)26-11-6-8-13-28(26)29/h5-8,10-13,23-24,29-33,51-52H,9,14-22H2,1-4H3,(H2,44,53)(H,45,55)(H,46,54)(H,47,56)(H,57,58)/t23-,24-,30+,31+,32+,33+/m1/s1/i16D2. The van der Waals surface area contributed by atoms with E-state index in [1.54, 1.807) is 0 Å². The fraction of sp³-hybridized carbons (Fsp3) is 0.535. The molecule has 6 rings (SSSR count). The van der Waals surface area contributed by atoms with E-state index in [-0.39, 0.29) is 51.4 Å². The van der Waals surface area contributed by atoms with E-state index in [2.05, 4.69) is 16.0 Å². The molecule has 0 saturated carbocycles. The molecule has 0 radical (unpaired) electrons. The van der Waals surface area contributed by atoms with Gasteiger partial charge in [-0.15, -0.1) is 0 Å². The third-order valence-electron chi connectivity index (χ3n) is 11.8. The predicted octanol–water partition coefficient (Wildman–Crippen LogP) is -0.0520. The molecule has 8 N–H and O–H groups in total. The van der Waals surface area contributed by atoms with Crippen LogP contribution in [0.4, 0.5) is 4.79 Å². The highest BCUT2D eigenvalue weighted by Gasteiger charge is 2.48. The molecule has 19 heteroatoms. The highest BCUT2D eigenvalue weighted by molar-refractivity contribution is 5.99. The molecule has 2 aromatic rings. The number of carbonyl (C=O) groups excluding carboxylic acids is 7. The van der Waals surface area contributed by atoms with Gasteiger partial charge in [-0.1, -0.05) is 48.5 Å². The third kappa shape index (κ3) is 9.52. The SMILES string of the molecule is [2H]C([2H])(C[C@H](NC(=O)[C@@H]1C[C@@H](O)CN1C(=O)OCC1c2ccccc2-c2ccccc21)C(=O)NC(C)(C)C(=O)N1C[C@H](O)C[C@H]1C(=O)NC(C)(C)C(=O)N1CCC[C@H]1C(=O)O)C(N)=O. The van der Waals surface area contributed by atoms with Crippen LogP contribution < -0.4 is 21.7 Å². The average Bonchev–Trinajstić information content (AvgIpc) is 4.03. The number of β-amino-alcohol motifs (C(OH)–C–C–N with tert-alkyl or cyclic N) is 2. The smallest absolute Gasteiger partial charge is 0.410 e. The zero-order valence-corrected chi connectivity index (χ0v) is 35.0. The van der Waals surface area contributed by atoms with E-state index >= 15 is 0 Å². The van der Waals surface area contributed by atoms with Gasteiger partial charge in [0, 0.05) is 41.0 Å². The zero-order chi connectivity index (χ0) is 47.1. The number of carbonyl (C=O) groups is 8. The summed E-state index contributed by atoms with van der Waals surface area (Å²) in [4.78, 5) is 110. The number of nitrogens with two attached hydrogens (primary N) is 1. The van der Waals surface area contributed by atoms with Gasteiger partial charge in [0.2, 0.25) is 35.4 Å². The van der Waals surface area contributed by atoms with Crippen molar-refractivity contribution in [2.24, 2.45) is 5.73 Å². The molecule has 19 nitrogen and oxygen atoms in total. The summed E-state index contributed by atoms with van der Waals surface area (Å²) in [5.74, 6) is -7.52. The number of hydrogen-bond acceptors (Lipinski definition) is 11. The van der Waals surface area contributed by atoms with Crippen LogP contribution in [0, 0.1) is 0 Å². The first-order valence-corrected chi connectivity index (χ1v) is 20.5. The van der Waals surface area contributed by atoms with Gasteiger partial charge < -0.3 is 51.5 Å². The Kier molecular flexibility index (Phi) is 12.4. The topological polar surface area (TPSA) is 278 Å². The lowest BCUT2D eigenvalue weighted by Crippen LogP contribution is -2.64. The van der Waals surface area contributed by atoms with E-state index in [4.69, 9.17) is 13.2 Å². The lowest BCUT2D eigenvalue weighted by Gasteiger charge is -2.36. The maximum atomic E-state index is 14.1. The summed E-state index contributed by atoms with van der Waals surface area (Å²) in [5, 5.41) is 38.2. The number of nitrogens with zero attached hydrogens (tertiary/aromatic N) is 3. The van der Waals surface area contributed by atoms with Gasteiger partial charge in [-0.25, -0.2) is 9.59 Å². The normalized spacial score (nSPS) is 23.4. The van der Waals surface area contributed by atoms with E-state index < -0.39 is 108 Å². The molecule has 6 atom stereocenters. The van der Waals surface area contributed by atoms with Crippen LogP contribution in [0.3, 0.4) is 0 Å². The van der Waals surface area contributed by atoms with Crippen LogP contribution in [0.2, 0.25) is 0 Å². The largest absolute Gasteiger partial charge is 0.480 e. The minimum Gasteiger partial charge on any atom is -0.480 e. The Morgan fingerprint density at radius 3 is 1.90 bits per heavy atom. The van der Waals surface area contributed by atoms with Gasteiger partial charge >= 0.3 is 12.1 Å². The number of amides is 7. The Bertz CT molecular complexity index is 2180. The summed E-state index contributed by atoms with van der Waals surface area (Å²) in [5.41, 5.74) is 5.61. The molecule has 7 amide bonds. The summed E-state index contributed by atoms with van der Waals surface area (Å²) in [6.07, 6.45) is -7.04. The van der Waals surface area contributed by atoms with E-state index in [9.17, 15) is 53.7 Å². The van der Waals surface area contributed by atoms with Crippen molar-refractivity contribution in [1.82, 2.24) is 30.7 Å². The van der Waals surface area contributed by atoms with Crippen molar-refractivity contribution < 1.29 is 61.2 Å². The highest BCUT2D eigenvalue weighted by atomic mass is 16.6. The maximum absolute atomic E-state index is 14.1. The molecule has 0 unspecified atom stereocenters. The number of aliphatic hydroxyl groups is 2. The molecule has 3 heterocycles. The Labute approximate surface area is 361 Å². The number of likely N-dealkylation sites (tertiary alicyclic amines) is 3. The van der Waals surface area contributed by atoms with Gasteiger partial charge in [0.05, 0.1) is 18.8 Å². The second-order valence-electron chi connectivity index (χ2n) is 17.3. The van der Waals surface area contributed by atoms with E-state index in [1.165, 1.54) is 27.7 Å². The van der Waals surface area contributed by atoms with Crippen LogP contribution in [-0.4, -0.2) is 151 Å². The molecule has 3 aliphatic heterocycles. The minimum atomic E-state index is -2.88. The molecule has 0 aromatic heterocycles. The number of rotatable bonds is 14. The van der Waals surface area contributed by atoms with Gasteiger partial charge in [-0.2, -0.15) is 0 Å². The third-order valence-corrected chi connectivity index (χ3v) is 11.8. The average molecular weight is 864 g/mol. The Morgan fingerprint density at radius 1 is 0.790 bits per heavy atom. The molecule has 4 aliphatic rings. The first-order chi connectivity index (χ1) is 29.9. The molecular weight excluding hydrogens is 807 g/mol. The quantitative estimate of drug-likeness (QED) is 0.132. The fourth-order valence-corrected chi connectivity index (χ4v) is 8.79.